The van der Waals surface area contributed by atoms with E-state index in [0.717, 1.165) is 20.9 Å². The van der Waals surface area contributed by atoms with Crippen LogP contribution in [0.5, 0.6) is 0 Å². The van der Waals surface area contributed by atoms with Gasteiger partial charge in [0.05, 0.1) is 9.99 Å². The maximum atomic E-state index is 5.80. The Morgan fingerprint density at radius 1 is 1.00 bits per heavy atom. The van der Waals surface area contributed by atoms with E-state index in [1.807, 2.05) is 24.3 Å². The molecule has 4 nitrogen and oxygen atoms in total. The fraction of sp³-hybridized carbons (Fsp3) is 0. The molecule has 0 fully saturated rings. The number of anilines is 1. The first-order chi connectivity index (χ1) is 9.16. The number of fused-ring (bicyclic) bond motifs is 1. The van der Waals surface area contributed by atoms with Gasteiger partial charge < -0.3 is 5.73 Å². The van der Waals surface area contributed by atoms with Crippen LogP contribution in [0.2, 0.25) is 0 Å². The molecule has 0 aliphatic heterocycles. The zero-order valence-corrected chi connectivity index (χ0v) is 12.8. The van der Waals surface area contributed by atoms with Crippen molar-refractivity contribution in [1.82, 2.24) is 15.0 Å². The Kier molecular flexibility index (Phi) is 3.20. The van der Waals surface area contributed by atoms with E-state index in [9.17, 15) is 0 Å². The Morgan fingerprint density at radius 2 is 1.84 bits per heavy atom. The second-order valence-corrected chi connectivity index (χ2v) is 5.63. The molecule has 2 N–H and O–H groups in total. The molecule has 3 rings (SSSR count). The first-order valence-corrected chi connectivity index (χ1v) is 7.07. The number of nitrogens with two attached hydrogens (primary N) is 1. The van der Waals surface area contributed by atoms with Crippen LogP contribution in [0.15, 0.2) is 45.6 Å². The lowest BCUT2D eigenvalue weighted by Crippen LogP contribution is -1.97. The Morgan fingerprint density at radius 3 is 2.63 bits per heavy atom. The zero-order valence-electron chi connectivity index (χ0n) is 9.64. The van der Waals surface area contributed by atoms with Crippen LogP contribution in [0.25, 0.3) is 22.3 Å². The van der Waals surface area contributed by atoms with Crippen LogP contribution in [0.3, 0.4) is 0 Å². The third kappa shape index (κ3) is 2.21. The lowest BCUT2D eigenvalue weighted by atomic mass is 10.1. The third-order valence-electron chi connectivity index (χ3n) is 2.73. The van der Waals surface area contributed by atoms with E-state index < -0.39 is 0 Å². The lowest BCUT2D eigenvalue weighted by molar-refractivity contribution is 1.17. The Balaban J connectivity index is 2.31. The molecule has 0 radical (unpaired) electrons. The summed E-state index contributed by atoms with van der Waals surface area (Å²) in [6, 6.07) is 7.79. The van der Waals surface area contributed by atoms with Crippen molar-refractivity contribution in [3.63, 3.8) is 0 Å². The summed E-state index contributed by atoms with van der Waals surface area (Å²) in [5.74, 6) is 0.980. The normalized spacial score (nSPS) is 10.8. The number of hydrogen-bond donors (Lipinski definition) is 1. The monoisotopic (exact) mass is 378 g/mol. The van der Waals surface area contributed by atoms with Crippen molar-refractivity contribution in [2.45, 2.75) is 0 Å². The maximum Gasteiger partial charge on any atom is 0.163 e. The first kappa shape index (κ1) is 12.5. The predicted octanol–water partition coefficient (Wildman–Crippen LogP) is 3.80. The SMILES string of the molecule is Nc1nc(-c2ccc(Br)c3cccnc23)ncc1Br. The summed E-state index contributed by atoms with van der Waals surface area (Å²) >= 11 is 6.81. The molecule has 0 saturated carbocycles. The summed E-state index contributed by atoms with van der Waals surface area (Å²) in [7, 11) is 0. The Labute approximate surface area is 126 Å². The van der Waals surface area contributed by atoms with E-state index in [1.54, 1.807) is 12.4 Å². The van der Waals surface area contributed by atoms with Crippen LogP contribution >= 0.6 is 31.9 Å². The number of benzene rings is 1. The van der Waals surface area contributed by atoms with Gasteiger partial charge in [-0.2, -0.15) is 0 Å². The van der Waals surface area contributed by atoms with Crippen LogP contribution in [-0.4, -0.2) is 15.0 Å². The average molecular weight is 380 g/mol. The van der Waals surface area contributed by atoms with Gasteiger partial charge in [0.15, 0.2) is 5.82 Å². The van der Waals surface area contributed by atoms with Crippen LogP contribution in [-0.2, 0) is 0 Å². The van der Waals surface area contributed by atoms with E-state index in [0.29, 0.717) is 16.1 Å². The molecule has 19 heavy (non-hydrogen) atoms. The lowest BCUT2D eigenvalue weighted by Gasteiger charge is -2.07. The van der Waals surface area contributed by atoms with Crippen molar-refractivity contribution >= 4 is 48.6 Å². The molecule has 0 aliphatic rings. The van der Waals surface area contributed by atoms with Gasteiger partial charge in [-0.1, -0.05) is 22.0 Å². The highest BCUT2D eigenvalue weighted by molar-refractivity contribution is 9.11. The Hall–Kier alpha value is -1.53. The molecule has 0 saturated heterocycles. The summed E-state index contributed by atoms with van der Waals surface area (Å²) < 4.78 is 1.68. The van der Waals surface area contributed by atoms with Crippen molar-refractivity contribution in [3.8, 4) is 11.4 Å². The van der Waals surface area contributed by atoms with Gasteiger partial charge >= 0.3 is 0 Å². The minimum Gasteiger partial charge on any atom is -0.383 e. The molecule has 0 aliphatic carbocycles. The molecule has 0 atom stereocenters. The number of hydrogen-bond acceptors (Lipinski definition) is 4. The molecule has 6 heteroatoms. The van der Waals surface area contributed by atoms with Gasteiger partial charge in [0.1, 0.15) is 5.82 Å². The van der Waals surface area contributed by atoms with Gasteiger partial charge in [-0.3, -0.25) is 4.98 Å². The average Bonchev–Trinajstić information content (AvgIpc) is 2.43. The van der Waals surface area contributed by atoms with E-state index in [2.05, 4.69) is 46.8 Å². The van der Waals surface area contributed by atoms with Crippen LogP contribution in [0.4, 0.5) is 5.82 Å². The van der Waals surface area contributed by atoms with Crippen molar-refractivity contribution in [3.05, 3.63) is 45.6 Å². The number of nitrogens with zero attached hydrogens (tertiary/aromatic N) is 3. The number of halogens is 2. The van der Waals surface area contributed by atoms with E-state index in [-0.39, 0.29) is 0 Å². The summed E-state index contributed by atoms with van der Waals surface area (Å²) in [4.78, 5) is 13.0. The predicted molar refractivity (Wildman–Crippen MR) is 82.6 cm³/mol. The molecule has 0 amide bonds. The van der Waals surface area contributed by atoms with Crippen molar-refractivity contribution in [2.75, 3.05) is 5.73 Å². The fourth-order valence-electron chi connectivity index (χ4n) is 1.83. The molecule has 0 spiro atoms. The largest absolute Gasteiger partial charge is 0.383 e. The number of nitrogen functional groups attached to an aromatic ring is 1. The summed E-state index contributed by atoms with van der Waals surface area (Å²) in [6.45, 7) is 0. The second-order valence-electron chi connectivity index (χ2n) is 3.92. The van der Waals surface area contributed by atoms with Gasteiger partial charge in [-0.15, -0.1) is 0 Å². The molecule has 2 heterocycles. The topological polar surface area (TPSA) is 64.7 Å². The highest BCUT2D eigenvalue weighted by Gasteiger charge is 2.11. The summed E-state index contributed by atoms with van der Waals surface area (Å²) in [5.41, 5.74) is 7.51. The van der Waals surface area contributed by atoms with Gasteiger partial charge in [0.2, 0.25) is 0 Å². The summed E-state index contributed by atoms with van der Waals surface area (Å²) in [5, 5.41) is 1.02. The molecule has 94 valence electrons. The molecule has 0 unspecified atom stereocenters. The van der Waals surface area contributed by atoms with Crippen molar-refractivity contribution < 1.29 is 0 Å². The van der Waals surface area contributed by atoms with Crippen molar-refractivity contribution in [1.29, 1.82) is 0 Å². The number of rotatable bonds is 1. The number of aromatic nitrogens is 3. The molecule has 0 bridgehead atoms. The molecular formula is C13H8Br2N4. The minimum absolute atomic E-state index is 0.414. The standard InChI is InChI=1S/C13H8Br2N4/c14-9-4-3-8(11-7(9)2-1-5-17-11)13-18-6-10(15)12(16)19-13/h1-6H,(H2,16,18,19). The summed E-state index contributed by atoms with van der Waals surface area (Å²) in [6.07, 6.45) is 3.40. The van der Waals surface area contributed by atoms with Crippen LogP contribution in [0.1, 0.15) is 0 Å². The maximum absolute atomic E-state index is 5.80. The van der Waals surface area contributed by atoms with Gasteiger partial charge in [0.25, 0.3) is 0 Å². The molecule has 2 aromatic heterocycles. The molecule has 3 aromatic rings. The van der Waals surface area contributed by atoms with Gasteiger partial charge in [-0.25, -0.2) is 9.97 Å². The highest BCUT2D eigenvalue weighted by Crippen LogP contribution is 2.31. The highest BCUT2D eigenvalue weighted by atomic mass is 79.9. The minimum atomic E-state index is 0.414. The third-order valence-corrected chi connectivity index (χ3v) is 4.03. The van der Waals surface area contributed by atoms with E-state index >= 15 is 0 Å². The van der Waals surface area contributed by atoms with E-state index in [1.165, 1.54) is 0 Å². The Bertz CT molecular complexity index is 774. The van der Waals surface area contributed by atoms with Gasteiger partial charge in [0, 0.05) is 27.8 Å². The van der Waals surface area contributed by atoms with Crippen LogP contribution < -0.4 is 5.73 Å². The van der Waals surface area contributed by atoms with E-state index in [4.69, 9.17) is 5.73 Å². The fourth-order valence-corrected chi connectivity index (χ4v) is 2.47. The van der Waals surface area contributed by atoms with Crippen LogP contribution in [0, 0.1) is 0 Å². The van der Waals surface area contributed by atoms with Gasteiger partial charge in [-0.05, 0) is 34.1 Å². The van der Waals surface area contributed by atoms with Crippen molar-refractivity contribution in [2.24, 2.45) is 0 Å². The second kappa shape index (κ2) is 4.86. The molecule has 1 aromatic carbocycles. The zero-order chi connectivity index (χ0) is 13.4. The smallest absolute Gasteiger partial charge is 0.163 e. The number of pyridine rings is 1. The quantitative estimate of drug-likeness (QED) is 0.698. The molecular weight excluding hydrogens is 372 g/mol. The first-order valence-electron chi connectivity index (χ1n) is 5.48.